The maximum atomic E-state index is 13.0. The molecule has 2 aromatic carbocycles. The second-order valence-corrected chi connectivity index (χ2v) is 12.1. The van der Waals surface area contributed by atoms with Gasteiger partial charge >= 0.3 is 191 Å². The molecule has 0 radical (unpaired) electrons. The van der Waals surface area contributed by atoms with E-state index in [1.54, 1.807) is 24.3 Å². The topological polar surface area (TPSA) is 52.6 Å². The summed E-state index contributed by atoms with van der Waals surface area (Å²) in [6, 6.07) is 18.5. The van der Waals surface area contributed by atoms with Crippen LogP contribution in [-0.2, 0) is 9.47 Å². The van der Waals surface area contributed by atoms with Gasteiger partial charge in [-0.05, 0) is 0 Å². The molecule has 2 aliphatic carbocycles. The number of hydrogen-bond donors (Lipinski definition) is 0. The molecular weight excluding hydrogens is 455 g/mol. The van der Waals surface area contributed by atoms with E-state index in [2.05, 4.69) is 0 Å². The van der Waals surface area contributed by atoms with Crippen molar-refractivity contribution in [2.75, 3.05) is 0 Å². The van der Waals surface area contributed by atoms with Gasteiger partial charge in [0.15, 0.2) is 0 Å². The molecule has 2 fully saturated rings. The fourth-order valence-electron chi connectivity index (χ4n) is 4.57. The minimum atomic E-state index is -0.507. The van der Waals surface area contributed by atoms with Crippen molar-refractivity contribution in [3.05, 3.63) is 71.8 Å². The fraction of sp³-hybridized carbons (Fsp3) is 0.462. The van der Waals surface area contributed by atoms with Crippen LogP contribution in [0.2, 0.25) is 0 Å². The van der Waals surface area contributed by atoms with Gasteiger partial charge in [-0.3, -0.25) is 0 Å². The summed E-state index contributed by atoms with van der Waals surface area (Å²) in [7, 11) is 0. The van der Waals surface area contributed by atoms with Crippen LogP contribution >= 0.6 is 0 Å². The molecule has 0 aromatic heterocycles. The molecule has 4 rings (SSSR count). The van der Waals surface area contributed by atoms with E-state index in [9.17, 15) is 9.59 Å². The van der Waals surface area contributed by atoms with E-state index in [4.69, 9.17) is 9.47 Å². The molecule has 31 heavy (non-hydrogen) atoms. The number of esters is 2. The number of hydrogen-bond acceptors (Lipinski definition) is 4. The SMILES string of the molecule is O=C(OC1([Se]C2(OC(=O)c3ccccc3)CCCCC2)CCCCC1)c1ccccc1. The average molecular weight is 485 g/mol. The number of benzene rings is 2. The monoisotopic (exact) mass is 486 g/mol. The molecule has 0 aliphatic heterocycles. The fourth-order valence-corrected chi connectivity index (χ4v) is 8.56. The van der Waals surface area contributed by atoms with Gasteiger partial charge in [0.05, 0.1) is 0 Å². The van der Waals surface area contributed by atoms with Crippen LogP contribution in [0.3, 0.4) is 0 Å². The van der Waals surface area contributed by atoms with Crippen molar-refractivity contribution in [2.24, 2.45) is 0 Å². The third-order valence-corrected chi connectivity index (χ3v) is 9.80. The Kier molecular flexibility index (Phi) is 7.14. The van der Waals surface area contributed by atoms with Crippen molar-refractivity contribution in [3.63, 3.8) is 0 Å². The summed E-state index contributed by atoms with van der Waals surface area (Å²) < 4.78 is 11.5. The van der Waals surface area contributed by atoms with E-state index in [1.165, 1.54) is 0 Å². The first-order valence-corrected chi connectivity index (χ1v) is 13.1. The number of rotatable bonds is 6. The Hall–Kier alpha value is -2.10. The summed E-state index contributed by atoms with van der Waals surface area (Å²) in [5.41, 5.74) is 1.17. The van der Waals surface area contributed by atoms with E-state index in [0.717, 1.165) is 64.2 Å². The molecular formula is C26H30O4Se. The molecule has 0 heterocycles. The average Bonchev–Trinajstić information content (AvgIpc) is 2.81. The van der Waals surface area contributed by atoms with E-state index in [0.29, 0.717) is 11.1 Å². The second-order valence-electron chi connectivity index (χ2n) is 8.56. The summed E-state index contributed by atoms with van der Waals surface area (Å²) in [5.74, 6) is -0.519. The molecule has 0 unspecified atom stereocenters. The molecule has 0 amide bonds. The summed E-state index contributed by atoms with van der Waals surface area (Å²) in [5, 5.41) is 0. The standard InChI is InChI=1S/C26H30O4Se/c27-23(21-13-5-1-6-14-21)29-25(17-9-3-10-18-25)31-26(19-11-4-12-20-26)30-24(28)22-15-7-2-8-16-22/h1-2,5-8,13-16H,3-4,9-12,17-20H2. The van der Waals surface area contributed by atoms with E-state index in [-0.39, 0.29) is 26.9 Å². The van der Waals surface area contributed by atoms with Crippen molar-refractivity contribution in [1.82, 2.24) is 0 Å². The number of carbonyl (C=O) groups is 2. The zero-order valence-corrected chi connectivity index (χ0v) is 19.6. The van der Waals surface area contributed by atoms with Crippen LogP contribution in [0.1, 0.15) is 84.9 Å². The van der Waals surface area contributed by atoms with Crippen LogP contribution in [-0.4, -0.2) is 35.9 Å². The molecule has 0 bridgehead atoms. The summed E-state index contributed by atoms with van der Waals surface area (Å²) in [6.45, 7) is 0. The number of carbonyl (C=O) groups excluding carboxylic acids is 2. The second kappa shape index (κ2) is 10.0. The van der Waals surface area contributed by atoms with Crippen molar-refractivity contribution in [1.29, 1.82) is 0 Å². The molecule has 164 valence electrons. The van der Waals surface area contributed by atoms with Crippen LogP contribution < -0.4 is 0 Å². The quantitative estimate of drug-likeness (QED) is 0.388. The van der Waals surface area contributed by atoms with Crippen molar-refractivity contribution >= 4 is 26.9 Å². The van der Waals surface area contributed by atoms with Crippen LogP contribution in [0.25, 0.3) is 0 Å². The van der Waals surface area contributed by atoms with Gasteiger partial charge in [-0.15, -0.1) is 0 Å². The van der Waals surface area contributed by atoms with Crippen LogP contribution in [0.5, 0.6) is 0 Å². The van der Waals surface area contributed by atoms with Crippen LogP contribution in [0.4, 0.5) is 0 Å². The first kappa shape index (κ1) is 22.1. The predicted molar refractivity (Wildman–Crippen MR) is 121 cm³/mol. The molecule has 0 saturated heterocycles. The van der Waals surface area contributed by atoms with Crippen molar-refractivity contribution in [2.45, 2.75) is 73.2 Å². The Labute approximate surface area is 190 Å². The van der Waals surface area contributed by atoms with Gasteiger partial charge in [0.25, 0.3) is 0 Å². The third-order valence-electron chi connectivity index (χ3n) is 6.18. The molecule has 0 spiro atoms. The Morgan fingerprint density at radius 3 is 1.29 bits per heavy atom. The molecule has 2 aromatic rings. The Morgan fingerprint density at radius 1 is 0.581 bits per heavy atom. The van der Waals surface area contributed by atoms with Gasteiger partial charge in [0, 0.05) is 0 Å². The third kappa shape index (κ3) is 5.58. The first-order valence-electron chi connectivity index (χ1n) is 11.4. The van der Waals surface area contributed by atoms with Crippen LogP contribution in [0.15, 0.2) is 60.7 Å². The Bertz CT molecular complexity index is 795. The molecule has 0 N–H and O–H groups in total. The Balaban J connectivity index is 1.57. The van der Waals surface area contributed by atoms with Gasteiger partial charge < -0.3 is 0 Å². The predicted octanol–water partition coefficient (Wildman–Crippen LogP) is 5.73. The van der Waals surface area contributed by atoms with E-state index < -0.39 is 9.00 Å². The number of ether oxygens (including phenoxy) is 2. The minimum absolute atomic E-state index is 0.157. The van der Waals surface area contributed by atoms with E-state index >= 15 is 0 Å². The van der Waals surface area contributed by atoms with Crippen molar-refractivity contribution < 1.29 is 19.1 Å². The molecule has 0 atom stereocenters. The van der Waals surface area contributed by atoms with Gasteiger partial charge in [-0.1, -0.05) is 0 Å². The van der Waals surface area contributed by atoms with Gasteiger partial charge in [-0.25, -0.2) is 0 Å². The molecule has 2 aliphatic rings. The summed E-state index contributed by atoms with van der Waals surface area (Å²) >= 11 is -0.157. The maximum absolute atomic E-state index is 13.0. The summed E-state index contributed by atoms with van der Waals surface area (Å²) in [4.78, 5) is 26.0. The van der Waals surface area contributed by atoms with Crippen molar-refractivity contribution in [3.8, 4) is 0 Å². The zero-order valence-electron chi connectivity index (χ0n) is 17.9. The molecule has 2 saturated carbocycles. The Morgan fingerprint density at radius 2 is 0.935 bits per heavy atom. The first-order chi connectivity index (χ1) is 15.1. The van der Waals surface area contributed by atoms with E-state index in [1.807, 2.05) is 36.4 Å². The van der Waals surface area contributed by atoms with Gasteiger partial charge in [0.1, 0.15) is 0 Å². The zero-order chi connectivity index (χ0) is 21.6. The molecule has 4 nitrogen and oxygen atoms in total. The molecule has 5 heteroatoms. The summed E-state index contributed by atoms with van der Waals surface area (Å²) in [6.07, 6.45) is 9.95. The normalized spacial score (nSPS) is 19.9. The van der Waals surface area contributed by atoms with Gasteiger partial charge in [-0.2, -0.15) is 0 Å². The van der Waals surface area contributed by atoms with Crippen LogP contribution in [0, 0.1) is 0 Å². The van der Waals surface area contributed by atoms with Gasteiger partial charge in [0.2, 0.25) is 0 Å².